The van der Waals surface area contributed by atoms with Crippen LogP contribution in [0.15, 0.2) is 94.5 Å². The van der Waals surface area contributed by atoms with E-state index in [1.807, 2.05) is 48.5 Å². The topological polar surface area (TPSA) is 114 Å². The van der Waals surface area contributed by atoms with E-state index in [-0.39, 0.29) is 0 Å². The van der Waals surface area contributed by atoms with Crippen LogP contribution in [0.5, 0.6) is 11.5 Å². The van der Waals surface area contributed by atoms with Crippen molar-refractivity contribution < 1.29 is 42.5 Å². The van der Waals surface area contributed by atoms with E-state index in [1.165, 1.54) is 24.3 Å². The van der Waals surface area contributed by atoms with Crippen molar-refractivity contribution in [2.45, 2.75) is 0 Å². The predicted molar refractivity (Wildman–Crippen MR) is 101 cm³/mol. The normalized spacial score (nSPS) is 9.38. The van der Waals surface area contributed by atoms with Gasteiger partial charge in [-0.05, 0) is 33.7 Å². The Kier molecular flexibility index (Phi) is 8.53. The molecular formula is C22H14O6U. The molecule has 0 spiro atoms. The van der Waals surface area contributed by atoms with Crippen molar-refractivity contribution in [1.82, 2.24) is 0 Å². The first-order valence-electron chi connectivity index (χ1n) is 8.36. The molecule has 0 aliphatic heterocycles. The minimum atomic E-state index is -2.51. The summed E-state index contributed by atoms with van der Waals surface area (Å²) in [7, 11) is 0. The summed E-state index contributed by atoms with van der Waals surface area (Å²) >= 11 is -2.51. The van der Waals surface area contributed by atoms with Crippen LogP contribution in [-0.2, 0) is 4.47 Å². The summed E-state index contributed by atoms with van der Waals surface area (Å²) in [6.07, 6.45) is 0. The second-order valence-electron chi connectivity index (χ2n) is 5.75. The van der Waals surface area contributed by atoms with E-state index in [9.17, 15) is 19.8 Å². The van der Waals surface area contributed by atoms with Crippen molar-refractivity contribution in [3.63, 3.8) is 0 Å². The fourth-order valence-corrected chi connectivity index (χ4v) is 2.51. The van der Waals surface area contributed by atoms with E-state index in [1.54, 1.807) is 12.1 Å². The molecule has 4 rings (SSSR count). The molecule has 7 heteroatoms. The molecule has 0 bridgehead atoms. The molecule has 0 amide bonds. The molecule has 142 valence electrons. The third-order valence-electron chi connectivity index (χ3n) is 3.88. The molecule has 6 nitrogen and oxygen atoms in total. The summed E-state index contributed by atoms with van der Waals surface area (Å²) < 4.78 is 17.2. The number of hydrogen-bond acceptors (Lipinski definition) is 6. The summed E-state index contributed by atoms with van der Waals surface area (Å²) in [6.45, 7) is 0. The van der Waals surface area contributed by atoms with Gasteiger partial charge in [-0.25, -0.2) is 0 Å². The quantitative estimate of drug-likeness (QED) is 0.301. The summed E-state index contributed by atoms with van der Waals surface area (Å²) in [6, 6.07) is 23.5. The van der Waals surface area contributed by atoms with Crippen molar-refractivity contribution in [3.8, 4) is 11.5 Å². The molecule has 0 aromatic heterocycles. The summed E-state index contributed by atoms with van der Waals surface area (Å²) in [5, 5.41) is 25.4. The number of benzene rings is 2. The average molecular weight is 612 g/mol. The SMILES string of the molecule is O=c1cc2ccccc2ccc1[O-].O=c1cc2ccccc2ccc1[O-].[O]=[U+2]=[O]. The van der Waals surface area contributed by atoms with E-state index in [0.29, 0.717) is 0 Å². The van der Waals surface area contributed by atoms with Crippen molar-refractivity contribution in [3.05, 3.63) is 105 Å². The zero-order valence-electron chi connectivity index (χ0n) is 15.0. The van der Waals surface area contributed by atoms with Crippen LogP contribution >= 0.6 is 0 Å². The van der Waals surface area contributed by atoms with Crippen LogP contribution in [-0.4, -0.2) is 0 Å². The summed E-state index contributed by atoms with van der Waals surface area (Å²) in [5.74, 6) is -0.924. The Morgan fingerprint density at radius 3 is 1.17 bits per heavy atom. The Hall–Kier alpha value is -3.01. The zero-order valence-corrected chi connectivity index (χ0v) is 19.2. The van der Waals surface area contributed by atoms with Gasteiger partial charge >= 0.3 is 32.3 Å². The Labute approximate surface area is 180 Å². The van der Waals surface area contributed by atoms with Gasteiger partial charge in [0.25, 0.3) is 0 Å². The standard InChI is InChI=1S/2C11H8O2.2O.U/c2*12-10-6-5-8-3-1-2-4-9(8)7-11(10)13;;;/h2*1-7H,(H,12,13);;;/q;;;;+2/p-2. The number of fused-ring (bicyclic) bond motifs is 2. The molecule has 4 aromatic carbocycles. The second kappa shape index (κ2) is 11.1. The predicted octanol–water partition coefficient (Wildman–Crippen LogP) is 2.31. The van der Waals surface area contributed by atoms with Gasteiger partial charge in [-0.15, -0.1) is 0 Å². The first-order valence-corrected chi connectivity index (χ1v) is 11.8. The van der Waals surface area contributed by atoms with Crippen molar-refractivity contribution in [1.29, 1.82) is 0 Å². The van der Waals surface area contributed by atoms with Crippen LogP contribution in [0.4, 0.5) is 0 Å². The monoisotopic (exact) mass is 612 g/mol. The van der Waals surface area contributed by atoms with Gasteiger partial charge in [-0.3, -0.25) is 9.59 Å². The van der Waals surface area contributed by atoms with Crippen LogP contribution in [0.25, 0.3) is 21.5 Å². The van der Waals surface area contributed by atoms with E-state index in [0.717, 1.165) is 21.5 Å². The second-order valence-corrected chi connectivity index (χ2v) is 6.45. The molecule has 0 saturated heterocycles. The molecule has 0 aliphatic rings. The van der Waals surface area contributed by atoms with Gasteiger partial charge in [0.2, 0.25) is 0 Å². The maximum absolute atomic E-state index is 11.1. The van der Waals surface area contributed by atoms with Gasteiger partial charge in [0.1, 0.15) is 0 Å². The molecule has 0 radical (unpaired) electrons. The first-order chi connectivity index (χ1) is 14.0. The number of rotatable bonds is 0. The van der Waals surface area contributed by atoms with Crippen LogP contribution in [0.1, 0.15) is 0 Å². The van der Waals surface area contributed by atoms with Crippen LogP contribution in [0, 0.1) is 27.8 Å². The third kappa shape index (κ3) is 6.53. The van der Waals surface area contributed by atoms with Gasteiger partial charge < -0.3 is 10.2 Å². The molecule has 0 N–H and O–H groups in total. The Bertz CT molecular complexity index is 1200. The van der Waals surface area contributed by atoms with Gasteiger partial charge in [0, 0.05) is 0 Å². The Morgan fingerprint density at radius 2 is 0.828 bits per heavy atom. The molecule has 4 aromatic rings. The molecule has 0 atom stereocenters. The van der Waals surface area contributed by atoms with E-state index < -0.39 is 50.2 Å². The molecule has 29 heavy (non-hydrogen) atoms. The van der Waals surface area contributed by atoms with Crippen molar-refractivity contribution in [2.75, 3.05) is 0 Å². The molecule has 0 unspecified atom stereocenters. The fraction of sp³-hybridized carbons (Fsp3) is 0. The van der Waals surface area contributed by atoms with Gasteiger partial charge in [0.15, 0.2) is 10.9 Å². The minimum absolute atomic E-state index is 0.457. The Balaban J connectivity index is 0.000000183. The van der Waals surface area contributed by atoms with Gasteiger partial charge in [0.05, 0.1) is 0 Å². The first kappa shape index (κ1) is 22.3. The molecule has 0 saturated carbocycles. The van der Waals surface area contributed by atoms with Crippen molar-refractivity contribution in [2.24, 2.45) is 0 Å². The van der Waals surface area contributed by atoms with Gasteiger partial charge in [-0.2, -0.15) is 0 Å². The molecule has 0 fully saturated rings. The maximum atomic E-state index is 11.1. The van der Waals surface area contributed by atoms with Crippen LogP contribution in [0.3, 0.4) is 0 Å². The van der Waals surface area contributed by atoms with Crippen molar-refractivity contribution >= 4 is 21.5 Å². The Morgan fingerprint density at radius 1 is 0.517 bits per heavy atom. The van der Waals surface area contributed by atoms with E-state index in [4.69, 9.17) is 4.47 Å². The average Bonchev–Trinajstić information content (AvgIpc) is 2.95. The molecule has 0 aliphatic carbocycles. The van der Waals surface area contributed by atoms with Crippen LogP contribution < -0.4 is 21.1 Å². The number of hydrogen-bond donors (Lipinski definition) is 0. The summed E-state index contributed by atoms with van der Waals surface area (Å²) in [5.41, 5.74) is -0.914. The van der Waals surface area contributed by atoms with Crippen LogP contribution in [0.2, 0.25) is 0 Å². The molecule has 0 heterocycles. The zero-order chi connectivity index (χ0) is 21.2. The molecular weight excluding hydrogens is 598 g/mol. The van der Waals surface area contributed by atoms with E-state index >= 15 is 0 Å². The summed E-state index contributed by atoms with van der Waals surface area (Å²) in [4.78, 5) is 22.2. The third-order valence-corrected chi connectivity index (χ3v) is 3.88. The van der Waals surface area contributed by atoms with Gasteiger partial charge in [-0.1, -0.05) is 84.3 Å². The van der Waals surface area contributed by atoms with E-state index in [2.05, 4.69) is 0 Å². The fourth-order valence-electron chi connectivity index (χ4n) is 2.51.